The van der Waals surface area contributed by atoms with Gasteiger partial charge in [-0.3, -0.25) is 19.2 Å². The first-order valence-corrected chi connectivity index (χ1v) is 26.9. The minimum atomic E-state index is -0.171. The van der Waals surface area contributed by atoms with Gasteiger partial charge < -0.3 is 19.1 Å². The molecule has 0 saturated carbocycles. The molecular formula is C69H61N5O4S. The van der Waals surface area contributed by atoms with Crippen molar-refractivity contribution in [1.82, 2.24) is 24.1 Å². The Morgan fingerprint density at radius 1 is 0.418 bits per heavy atom. The maximum atomic E-state index is 13.3. The zero-order chi connectivity index (χ0) is 55.4. The summed E-state index contributed by atoms with van der Waals surface area (Å²) in [5.41, 5.74) is 15.4. The fourth-order valence-corrected chi connectivity index (χ4v) is 10.2. The van der Waals surface area contributed by atoms with E-state index in [1.807, 2.05) is 245 Å². The van der Waals surface area contributed by atoms with Gasteiger partial charge in [0.25, 0.3) is 0 Å². The largest absolute Gasteiger partial charge is 0.364 e. The lowest BCUT2D eigenvalue weighted by Crippen LogP contribution is -2.13. The van der Waals surface area contributed by atoms with Gasteiger partial charge in [-0.25, -0.2) is 4.98 Å². The molecule has 5 heterocycles. The number of aryl methyl sites for hydroxylation is 4. The maximum Gasteiger partial charge on any atom is 0.225 e. The third-order valence-electron chi connectivity index (χ3n) is 13.9. The van der Waals surface area contributed by atoms with Crippen LogP contribution in [0, 0.1) is 27.7 Å². The van der Waals surface area contributed by atoms with Crippen molar-refractivity contribution in [3.05, 3.63) is 332 Å². The number of hydrogen-bond acceptors (Lipinski definition) is 6. The number of nitrogens with one attached hydrogen (secondary N) is 2. The fraction of sp³-hybridized carbons (Fsp3) is 0.116. The van der Waals surface area contributed by atoms with Crippen LogP contribution in [0.4, 0.5) is 0 Å². The summed E-state index contributed by atoms with van der Waals surface area (Å²) in [6, 6.07) is 72.3. The second-order valence-corrected chi connectivity index (χ2v) is 20.5. The highest BCUT2D eigenvalue weighted by molar-refractivity contribution is 8.14. The zero-order valence-electron chi connectivity index (χ0n) is 45.1. The molecule has 5 aromatic heterocycles. The molecule has 0 radical (unpaired) electrons. The standard InChI is InChI=1S/C32H28N2O2.C24H22N2O.C13H11NOS/c1-21-9-13-24(14-10-21)31(35)27-18-17-26(33-27)30(23-7-5-4-6-8-23)28-19-20-29(34(28)3)32(36)25-15-11-22(2)12-16-25;1-17-10-12-19(13-11-17)24(27)22-15-14-21(26(22)2)23(20-9-6-16-25-20)18-7-4-3-5-8-18;1-10-5-7-11(8-6-10)13(15)16-12-4-2-3-9-14-12/h4-20,30,33H,1-3H3;3-16,23,25H,1-2H3;2-9H,1H3. The van der Waals surface area contributed by atoms with Gasteiger partial charge in [0, 0.05) is 71.5 Å². The summed E-state index contributed by atoms with van der Waals surface area (Å²) in [5, 5.41) is 0.756. The smallest absolute Gasteiger partial charge is 0.225 e. The number of carbonyl (C=O) groups is 4. The van der Waals surface area contributed by atoms with Crippen LogP contribution >= 0.6 is 11.8 Å². The number of carbonyl (C=O) groups excluding carboxylic acids is 4. The third-order valence-corrected chi connectivity index (χ3v) is 14.8. The van der Waals surface area contributed by atoms with Crippen molar-refractivity contribution in [2.75, 3.05) is 0 Å². The van der Waals surface area contributed by atoms with Crippen molar-refractivity contribution in [3.63, 3.8) is 0 Å². The molecule has 392 valence electrons. The van der Waals surface area contributed by atoms with E-state index in [-0.39, 0.29) is 34.3 Å². The van der Waals surface area contributed by atoms with Crippen molar-refractivity contribution in [2.45, 2.75) is 44.6 Å². The molecule has 9 nitrogen and oxygen atoms in total. The highest BCUT2D eigenvalue weighted by atomic mass is 32.2. The summed E-state index contributed by atoms with van der Waals surface area (Å²) >= 11 is 1.15. The lowest BCUT2D eigenvalue weighted by atomic mass is 9.92. The van der Waals surface area contributed by atoms with Crippen LogP contribution in [0.25, 0.3) is 0 Å². The minimum absolute atomic E-state index is 0.0164. The first kappa shape index (κ1) is 54.4. The molecule has 0 aliphatic rings. The number of ketones is 3. The average Bonchev–Trinajstić information content (AvgIpc) is 4.43. The van der Waals surface area contributed by atoms with E-state index in [2.05, 4.69) is 51.4 Å². The highest BCUT2D eigenvalue weighted by Crippen LogP contribution is 2.35. The van der Waals surface area contributed by atoms with E-state index in [1.165, 1.54) is 5.56 Å². The van der Waals surface area contributed by atoms with Gasteiger partial charge in [0.2, 0.25) is 22.5 Å². The Balaban J connectivity index is 0.000000155. The number of nitrogens with zero attached hydrogens (tertiary/aromatic N) is 3. The van der Waals surface area contributed by atoms with Crippen molar-refractivity contribution >= 4 is 34.2 Å². The van der Waals surface area contributed by atoms with Crippen LogP contribution in [0.15, 0.2) is 242 Å². The Hall–Kier alpha value is -9.38. The number of aromatic nitrogens is 5. The molecular weight excluding hydrogens is 995 g/mol. The molecule has 6 aromatic carbocycles. The predicted octanol–water partition coefficient (Wildman–Crippen LogP) is 15.0. The Labute approximate surface area is 466 Å². The second-order valence-electron chi connectivity index (χ2n) is 19.6. The quantitative estimate of drug-likeness (QED) is 0.0826. The Morgan fingerprint density at radius 2 is 0.848 bits per heavy atom. The minimum Gasteiger partial charge on any atom is -0.364 e. The number of aromatic amines is 2. The van der Waals surface area contributed by atoms with E-state index in [4.69, 9.17) is 0 Å². The van der Waals surface area contributed by atoms with Crippen molar-refractivity contribution in [2.24, 2.45) is 14.1 Å². The molecule has 2 atom stereocenters. The summed E-state index contributed by atoms with van der Waals surface area (Å²) in [4.78, 5) is 62.1. The molecule has 0 aliphatic carbocycles. The van der Waals surface area contributed by atoms with E-state index < -0.39 is 0 Å². The van der Waals surface area contributed by atoms with Gasteiger partial charge in [-0.15, -0.1) is 0 Å². The van der Waals surface area contributed by atoms with E-state index in [0.717, 1.165) is 67.4 Å². The number of H-pyrrole nitrogens is 2. The number of hydrogen-bond donors (Lipinski definition) is 2. The molecule has 0 saturated heterocycles. The third kappa shape index (κ3) is 13.1. The van der Waals surface area contributed by atoms with Crippen LogP contribution in [-0.4, -0.2) is 46.6 Å². The van der Waals surface area contributed by atoms with E-state index in [0.29, 0.717) is 39.3 Å². The number of rotatable bonds is 14. The zero-order valence-corrected chi connectivity index (χ0v) is 45.9. The molecule has 0 spiro atoms. The van der Waals surface area contributed by atoms with Crippen molar-refractivity contribution in [1.29, 1.82) is 0 Å². The van der Waals surface area contributed by atoms with Crippen LogP contribution in [0.1, 0.15) is 127 Å². The SMILES string of the molecule is Cc1ccc(C(=O)Sc2ccccn2)cc1.Cc1ccc(C(=O)c2ccc(C(c3ccccc3)c3ccc(C(=O)c4ccc(C)cc4)n3C)[nH]2)cc1.Cc1ccc(C(=O)c2ccc(C(c3ccccc3)c3ccc[nH]3)n2C)cc1. The molecule has 2 unspecified atom stereocenters. The van der Waals surface area contributed by atoms with E-state index >= 15 is 0 Å². The number of pyridine rings is 1. The van der Waals surface area contributed by atoms with Gasteiger partial charge in [-0.05, 0) is 111 Å². The lowest BCUT2D eigenvalue weighted by molar-refractivity contribution is 0.102. The topological polar surface area (TPSA) is 123 Å². The Bertz CT molecular complexity index is 3800. The van der Waals surface area contributed by atoms with Crippen molar-refractivity contribution < 1.29 is 19.2 Å². The second kappa shape index (κ2) is 25.2. The van der Waals surface area contributed by atoms with Crippen molar-refractivity contribution in [3.8, 4) is 0 Å². The normalized spacial score (nSPS) is 11.6. The van der Waals surface area contributed by atoms with Gasteiger partial charge >= 0.3 is 0 Å². The molecule has 0 bridgehead atoms. The van der Waals surface area contributed by atoms with Gasteiger partial charge in [0.05, 0.1) is 28.9 Å². The van der Waals surface area contributed by atoms with E-state index in [1.54, 1.807) is 6.20 Å². The summed E-state index contributed by atoms with van der Waals surface area (Å²) in [5.74, 6) is -0.143. The average molecular weight is 1060 g/mol. The molecule has 11 aromatic rings. The van der Waals surface area contributed by atoms with Gasteiger partial charge in [-0.1, -0.05) is 186 Å². The lowest BCUT2D eigenvalue weighted by Gasteiger charge is -2.19. The first-order valence-electron chi connectivity index (χ1n) is 26.1. The van der Waals surface area contributed by atoms with Gasteiger partial charge in [0.15, 0.2) is 0 Å². The summed E-state index contributed by atoms with van der Waals surface area (Å²) < 4.78 is 3.98. The molecule has 0 aliphatic heterocycles. The Kier molecular flexibility index (Phi) is 17.3. The molecule has 11 rings (SSSR count). The summed E-state index contributed by atoms with van der Waals surface area (Å²) in [7, 11) is 3.89. The number of benzene rings is 6. The highest BCUT2D eigenvalue weighted by Gasteiger charge is 2.26. The molecule has 0 amide bonds. The van der Waals surface area contributed by atoms with Crippen LogP contribution in [0.5, 0.6) is 0 Å². The van der Waals surface area contributed by atoms with Crippen LogP contribution in [-0.2, 0) is 14.1 Å². The fourth-order valence-electron chi connectivity index (χ4n) is 9.45. The summed E-state index contributed by atoms with van der Waals surface area (Å²) in [6.45, 7) is 8.03. The molecule has 79 heavy (non-hydrogen) atoms. The van der Waals surface area contributed by atoms with Crippen LogP contribution in [0.2, 0.25) is 0 Å². The van der Waals surface area contributed by atoms with E-state index in [9.17, 15) is 19.2 Å². The van der Waals surface area contributed by atoms with Crippen LogP contribution in [0.3, 0.4) is 0 Å². The Morgan fingerprint density at radius 3 is 1.28 bits per heavy atom. The van der Waals surface area contributed by atoms with Crippen LogP contribution < -0.4 is 0 Å². The molecule has 10 heteroatoms. The number of thioether (sulfide) groups is 1. The molecule has 0 fully saturated rings. The first-order chi connectivity index (χ1) is 38.3. The summed E-state index contributed by atoms with van der Waals surface area (Å²) in [6.07, 6.45) is 3.62. The van der Waals surface area contributed by atoms with Gasteiger partial charge in [-0.2, -0.15) is 0 Å². The predicted molar refractivity (Wildman–Crippen MR) is 317 cm³/mol. The molecule has 2 N–H and O–H groups in total. The van der Waals surface area contributed by atoms with Gasteiger partial charge in [0.1, 0.15) is 5.03 Å². The monoisotopic (exact) mass is 1060 g/mol. The maximum absolute atomic E-state index is 13.3.